The maximum absolute atomic E-state index is 11.2. The Labute approximate surface area is 193 Å². The van der Waals surface area contributed by atoms with Crippen molar-refractivity contribution < 1.29 is 19.1 Å². The van der Waals surface area contributed by atoms with Crippen molar-refractivity contribution in [3.63, 3.8) is 0 Å². The van der Waals surface area contributed by atoms with Crippen LogP contribution in [-0.2, 0) is 30.9 Å². The van der Waals surface area contributed by atoms with E-state index in [0.717, 1.165) is 39.0 Å². The third-order valence-corrected chi connectivity index (χ3v) is 5.38. The first kappa shape index (κ1) is 22.6. The number of hydrogen-bond donors (Lipinski definition) is 2. The van der Waals surface area contributed by atoms with E-state index in [1.165, 1.54) is 0 Å². The summed E-state index contributed by atoms with van der Waals surface area (Å²) in [6.45, 7) is 1.47. The summed E-state index contributed by atoms with van der Waals surface area (Å²) >= 11 is 0. The van der Waals surface area contributed by atoms with Gasteiger partial charge in [-0.2, -0.15) is 0 Å². The Hall–Kier alpha value is -3.61. The molecule has 3 N–H and O–H groups in total. The van der Waals surface area contributed by atoms with Gasteiger partial charge in [-0.05, 0) is 61.1 Å². The molecule has 0 amide bonds. The smallest absolute Gasteiger partial charge is 0.307 e. The molecule has 0 saturated carbocycles. The summed E-state index contributed by atoms with van der Waals surface area (Å²) < 4.78 is 12.3. The maximum Gasteiger partial charge on any atom is 0.307 e. The Bertz CT molecular complexity index is 1280. The van der Waals surface area contributed by atoms with Crippen molar-refractivity contribution >= 4 is 16.9 Å². The summed E-state index contributed by atoms with van der Waals surface area (Å²) in [6, 6.07) is 21.6. The molecule has 0 unspecified atom stereocenters. The van der Waals surface area contributed by atoms with Gasteiger partial charge in [0.25, 0.3) is 0 Å². The zero-order chi connectivity index (χ0) is 23.4. The van der Waals surface area contributed by atoms with E-state index < -0.39 is 5.97 Å². The van der Waals surface area contributed by atoms with E-state index in [4.69, 9.17) is 14.9 Å². The first-order valence-electron chi connectivity index (χ1n) is 10.8. The third-order valence-electron chi connectivity index (χ3n) is 5.38. The van der Waals surface area contributed by atoms with Gasteiger partial charge in [0.15, 0.2) is 0 Å². The summed E-state index contributed by atoms with van der Waals surface area (Å²) in [7, 11) is 4.01. The van der Waals surface area contributed by atoms with Crippen LogP contribution in [0.4, 0.5) is 0 Å². The molecular weight excluding hydrogens is 416 g/mol. The number of carboxylic acid groups (broad SMARTS) is 1. The van der Waals surface area contributed by atoms with Crippen molar-refractivity contribution in [1.29, 1.82) is 0 Å². The molecule has 4 rings (SSSR count). The summed E-state index contributed by atoms with van der Waals surface area (Å²) in [5, 5.41) is 10.2. The van der Waals surface area contributed by atoms with Crippen LogP contribution >= 0.6 is 0 Å². The highest BCUT2D eigenvalue weighted by molar-refractivity contribution is 5.93. The number of carboxylic acids is 1. The molecule has 6 nitrogen and oxygen atoms in total. The Balaban J connectivity index is 1.72. The van der Waals surface area contributed by atoms with Gasteiger partial charge in [-0.25, -0.2) is 0 Å². The van der Waals surface area contributed by atoms with Crippen molar-refractivity contribution in [2.24, 2.45) is 5.73 Å². The number of rotatable bonds is 9. The average molecular weight is 445 g/mol. The van der Waals surface area contributed by atoms with Gasteiger partial charge >= 0.3 is 5.97 Å². The van der Waals surface area contributed by atoms with E-state index >= 15 is 0 Å². The molecular formula is C27H28N2O4. The number of furan rings is 1. The SMILES string of the molecule is CN(C)Cc1cc2cc(COc3ccccc3CC(=O)O)cc(-c3cccc(CN)c3)c2o1. The molecule has 0 saturated heterocycles. The maximum atomic E-state index is 11.2. The average Bonchev–Trinajstić information content (AvgIpc) is 3.19. The fraction of sp³-hybridized carbons (Fsp3) is 0.222. The highest BCUT2D eigenvalue weighted by Crippen LogP contribution is 2.34. The fourth-order valence-corrected chi connectivity index (χ4v) is 3.94. The van der Waals surface area contributed by atoms with Crippen LogP contribution < -0.4 is 10.5 Å². The third kappa shape index (κ3) is 5.42. The molecule has 1 aromatic heterocycles. The monoisotopic (exact) mass is 444 g/mol. The summed E-state index contributed by atoms with van der Waals surface area (Å²) in [6.07, 6.45) is -0.0814. The molecule has 33 heavy (non-hydrogen) atoms. The number of benzene rings is 3. The van der Waals surface area contributed by atoms with Crippen LogP contribution in [0.2, 0.25) is 0 Å². The number of nitrogens with zero attached hydrogens (tertiary/aromatic N) is 1. The predicted octanol–water partition coefficient (Wildman–Crippen LogP) is 4.83. The van der Waals surface area contributed by atoms with Gasteiger partial charge < -0.3 is 24.9 Å². The van der Waals surface area contributed by atoms with Gasteiger partial charge in [-0.1, -0.05) is 36.4 Å². The van der Waals surface area contributed by atoms with Crippen LogP contribution in [0.3, 0.4) is 0 Å². The molecule has 0 aliphatic rings. The number of aliphatic carboxylic acids is 1. The van der Waals surface area contributed by atoms with Crippen LogP contribution in [0.25, 0.3) is 22.1 Å². The lowest BCUT2D eigenvalue weighted by Crippen LogP contribution is -2.09. The second-order valence-electron chi connectivity index (χ2n) is 8.38. The predicted molar refractivity (Wildman–Crippen MR) is 129 cm³/mol. The Morgan fingerprint density at radius 2 is 1.85 bits per heavy atom. The molecule has 0 atom stereocenters. The van der Waals surface area contributed by atoms with Crippen molar-refractivity contribution in [1.82, 2.24) is 4.90 Å². The summed E-state index contributed by atoms with van der Waals surface area (Å²) in [5.74, 6) is 0.574. The lowest BCUT2D eigenvalue weighted by molar-refractivity contribution is -0.136. The van der Waals surface area contributed by atoms with Crippen molar-refractivity contribution in [3.8, 4) is 16.9 Å². The zero-order valence-corrected chi connectivity index (χ0v) is 18.9. The van der Waals surface area contributed by atoms with Crippen molar-refractivity contribution in [2.75, 3.05) is 14.1 Å². The molecule has 0 radical (unpaired) electrons. The molecule has 4 aromatic rings. The zero-order valence-electron chi connectivity index (χ0n) is 18.9. The van der Waals surface area contributed by atoms with Crippen LogP contribution in [-0.4, -0.2) is 30.1 Å². The lowest BCUT2D eigenvalue weighted by Gasteiger charge is -2.12. The van der Waals surface area contributed by atoms with E-state index in [2.05, 4.69) is 35.2 Å². The number of nitrogens with two attached hydrogens (primary N) is 1. The van der Waals surface area contributed by atoms with Gasteiger partial charge in [-0.3, -0.25) is 4.79 Å². The van der Waals surface area contributed by atoms with E-state index in [1.54, 1.807) is 12.1 Å². The molecule has 1 heterocycles. The molecule has 170 valence electrons. The molecule has 0 aliphatic carbocycles. The quantitative estimate of drug-likeness (QED) is 0.385. The lowest BCUT2D eigenvalue weighted by atomic mass is 9.99. The minimum Gasteiger partial charge on any atom is -0.489 e. The second kappa shape index (κ2) is 9.90. The second-order valence-corrected chi connectivity index (χ2v) is 8.38. The molecule has 6 heteroatoms. The van der Waals surface area contributed by atoms with Crippen LogP contribution in [0, 0.1) is 0 Å². The van der Waals surface area contributed by atoms with Crippen molar-refractivity contribution in [2.45, 2.75) is 26.1 Å². The summed E-state index contributed by atoms with van der Waals surface area (Å²) in [4.78, 5) is 13.3. The summed E-state index contributed by atoms with van der Waals surface area (Å²) in [5.41, 5.74) is 11.4. The van der Waals surface area contributed by atoms with Gasteiger partial charge in [0, 0.05) is 23.1 Å². The Kier molecular flexibility index (Phi) is 6.77. The topological polar surface area (TPSA) is 88.9 Å². The first-order valence-corrected chi connectivity index (χ1v) is 10.8. The number of hydrogen-bond acceptors (Lipinski definition) is 5. The van der Waals surface area contributed by atoms with Gasteiger partial charge in [-0.15, -0.1) is 0 Å². The van der Waals surface area contributed by atoms with Gasteiger partial charge in [0.1, 0.15) is 23.7 Å². The number of para-hydroxylation sites is 1. The number of carbonyl (C=O) groups is 1. The van der Waals surface area contributed by atoms with Gasteiger partial charge in [0.2, 0.25) is 0 Å². The van der Waals surface area contributed by atoms with E-state index in [0.29, 0.717) is 31.0 Å². The van der Waals surface area contributed by atoms with E-state index in [-0.39, 0.29) is 6.42 Å². The van der Waals surface area contributed by atoms with Gasteiger partial charge in [0.05, 0.1) is 13.0 Å². The largest absolute Gasteiger partial charge is 0.489 e. The highest BCUT2D eigenvalue weighted by atomic mass is 16.5. The molecule has 0 fully saturated rings. The minimum atomic E-state index is -0.888. The Morgan fingerprint density at radius 3 is 2.61 bits per heavy atom. The van der Waals surface area contributed by atoms with E-state index in [1.807, 2.05) is 38.4 Å². The molecule has 0 aliphatic heterocycles. The first-order chi connectivity index (χ1) is 15.9. The normalized spacial score (nSPS) is 11.3. The highest BCUT2D eigenvalue weighted by Gasteiger charge is 2.14. The minimum absolute atomic E-state index is 0.0814. The van der Waals surface area contributed by atoms with Crippen LogP contribution in [0.15, 0.2) is 71.1 Å². The number of ether oxygens (including phenoxy) is 1. The van der Waals surface area contributed by atoms with E-state index in [9.17, 15) is 9.90 Å². The molecule has 3 aromatic carbocycles. The molecule has 0 bridgehead atoms. The molecule has 0 spiro atoms. The number of fused-ring (bicyclic) bond motifs is 1. The van der Waals surface area contributed by atoms with Crippen LogP contribution in [0.1, 0.15) is 22.5 Å². The van der Waals surface area contributed by atoms with Crippen LogP contribution in [0.5, 0.6) is 5.75 Å². The standard InChI is InChI=1S/C27H28N2O4/c1-29(2)16-23-13-22-11-19(17-32-25-9-4-3-7-21(25)14-26(30)31)12-24(27(22)33-23)20-8-5-6-18(10-20)15-28/h3-13H,14-17,28H2,1-2H3,(H,30,31). The fourth-order valence-electron chi connectivity index (χ4n) is 3.94. The Morgan fingerprint density at radius 1 is 1.03 bits per heavy atom. The van der Waals surface area contributed by atoms with Crippen molar-refractivity contribution in [3.05, 3.63) is 89.2 Å².